The highest BCUT2D eigenvalue weighted by atomic mass is 35.5. The first-order chi connectivity index (χ1) is 7.08. The first-order valence-electron chi connectivity index (χ1n) is 4.71. The van der Waals surface area contributed by atoms with E-state index in [2.05, 4.69) is 17.2 Å². The largest absolute Gasteiger partial charge is 0.308 e. The summed E-state index contributed by atoms with van der Waals surface area (Å²) in [7, 11) is -0.704. The van der Waals surface area contributed by atoms with Crippen LogP contribution < -0.4 is 5.32 Å². The van der Waals surface area contributed by atoms with Crippen LogP contribution >= 0.6 is 22.9 Å². The summed E-state index contributed by atoms with van der Waals surface area (Å²) in [6, 6.07) is 0.358. The molecule has 3 nitrogen and oxygen atoms in total. The molecule has 0 amide bonds. The van der Waals surface area contributed by atoms with Crippen molar-refractivity contribution in [2.24, 2.45) is 0 Å². The number of nitrogens with one attached hydrogen (secondary N) is 1. The van der Waals surface area contributed by atoms with Crippen molar-refractivity contribution in [3.8, 4) is 0 Å². The summed E-state index contributed by atoms with van der Waals surface area (Å²) in [6.45, 7) is 2.82. The minimum atomic E-state index is -0.704. The molecule has 0 aliphatic carbocycles. The van der Waals surface area contributed by atoms with E-state index in [0.29, 0.717) is 10.4 Å². The molecule has 0 bridgehead atoms. The summed E-state index contributed by atoms with van der Waals surface area (Å²) >= 11 is 7.25. The molecule has 1 heterocycles. The maximum absolute atomic E-state index is 10.9. The Balaban J connectivity index is 2.22. The molecule has 0 fully saturated rings. The van der Waals surface area contributed by atoms with Crippen molar-refractivity contribution >= 4 is 33.7 Å². The summed E-state index contributed by atoms with van der Waals surface area (Å²) in [5.74, 6) is 0.743. The van der Waals surface area contributed by atoms with Gasteiger partial charge in [-0.2, -0.15) is 0 Å². The van der Waals surface area contributed by atoms with Gasteiger partial charge in [0.2, 0.25) is 0 Å². The van der Waals surface area contributed by atoms with Crippen LogP contribution in [0.1, 0.15) is 18.4 Å². The van der Waals surface area contributed by atoms with Gasteiger partial charge in [0.05, 0.1) is 6.20 Å². The molecule has 0 aromatic carbocycles. The van der Waals surface area contributed by atoms with Crippen molar-refractivity contribution in [2.75, 3.05) is 12.0 Å². The third-order valence-electron chi connectivity index (χ3n) is 1.97. The van der Waals surface area contributed by atoms with E-state index in [1.54, 1.807) is 12.5 Å². The van der Waals surface area contributed by atoms with Crippen molar-refractivity contribution in [3.05, 3.63) is 15.5 Å². The van der Waals surface area contributed by atoms with E-state index < -0.39 is 10.8 Å². The molecule has 2 atom stereocenters. The monoisotopic (exact) mass is 266 g/mol. The van der Waals surface area contributed by atoms with Gasteiger partial charge in [0.1, 0.15) is 9.34 Å². The molecule has 0 aliphatic heterocycles. The normalized spacial score (nSPS) is 15.1. The maximum Gasteiger partial charge on any atom is 0.113 e. The Morgan fingerprint density at radius 3 is 3.00 bits per heavy atom. The minimum Gasteiger partial charge on any atom is -0.308 e. The van der Waals surface area contributed by atoms with E-state index in [-0.39, 0.29) is 0 Å². The van der Waals surface area contributed by atoms with Crippen molar-refractivity contribution in [2.45, 2.75) is 25.9 Å². The highest BCUT2D eigenvalue weighted by molar-refractivity contribution is 7.84. The standard InChI is InChI=1S/C9H15ClN2OS2/c1-7(3-4-15(2)13)11-6-9-12-5-8(10)14-9/h5,7,11H,3-4,6H2,1-2H3. The second-order valence-corrected chi connectivity index (χ2v) is 6.71. The van der Waals surface area contributed by atoms with Crippen LogP contribution in [0.2, 0.25) is 4.34 Å². The van der Waals surface area contributed by atoms with Gasteiger partial charge in [0.15, 0.2) is 0 Å². The lowest BCUT2D eigenvalue weighted by molar-refractivity contribution is 0.534. The van der Waals surface area contributed by atoms with Crippen molar-refractivity contribution in [1.82, 2.24) is 10.3 Å². The molecule has 15 heavy (non-hydrogen) atoms. The molecule has 1 aromatic rings. The SMILES string of the molecule is CC(CCS(C)=O)NCc1ncc(Cl)s1. The molecule has 86 valence electrons. The zero-order valence-corrected chi connectivity index (χ0v) is 11.2. The number of halogens is 1. The maximum atomic E-state index is 10.9. The van der Waals surface area contributed by atoms with Crippen LogP contribution in [0, 0.1) is 0 Å². The molecule has 2 unspecified atom stereocenters. The molecule has 1 rings (SSSR count). The number of aromatic nitrogens is 1. The van der Waals surface area contributed by atoms with Crippen molar-refractivity contribution in [3.63, 3.8) is 0 Å². The van der Waals surface area contributed by atoms with E-state index in [1.165, 1.54) is 11.3 Å². The predicted molar refractivity (Wildman–Crippen MR) is 67.0 cm³/mol. The number of thiazole rings is 1. The molecule has 0 spiro atoms. The number of hydrogen-bond donors (Lipinski definition) is 1. The topological polar surface area (TPSA) is 42.0 Å². The van der Waals surface area contributed by atoms with Crippen molar-refractivity contribution in [1.29, 1.82) is 0 Å². The van der Waals surface area contributed by atoms with Crippen LogP contribution in [0.5, 0.6) is 0 Å². The molecule has 1 aromatic heterocycles. The Hall–Kier alpha value is 0.0300. The molecular weight excluding hydrogens is 252 g/mol. The predicted octanol–water partition coefficient (Wildman–Crippen LogP) is 2.04. The van der Waals surface area contributed by atoms with E-state index >= 15 is 0 Å². The van der Waals surface area contributed by atoms with E-state index in [1.807, 2.05) is 0 Å². The van der Waals surface area contributed by atoms with Gasteiger partial charge in [-0.05, 0) is 13.3 Å². The lowest BCUT2D eigenvalue weighted by Crippen LogP contribution is -2.26. The lowest BCUT2D eigenvalue weighted by Gasteiger charge is -2.11. The fourth-order valence-electron chi connectivity index (χ4n) is 1.08. The van der Waals surface area contributed by atoms with Gasteiger partial charge in [-0.25, -0.2) is 4.98 Å². The molecule has 1 N–H and O–H groups in total. The van der Waals surface area contributed by atoms with Gasteiger partial charge >= 0.3 is 0 Å². The van der Waals surface area contributed by atoms with E-state index in [9.17, 15) is 4.21 Å². The van der Waals surface area contributed by atoms with Gasteiger partial charge in [0.25, 0.3) is 0 Å². The summed E-state index contributed by atoms with van der Waals surface area (Å²) in [5, 5.41) is 4.31. The second-order valence-electron chi connectivity index (χ2n) is 3.41. The fourth-order valence-corrected chi connectivity index (χ4v) is 2.67. The molecular formula is C9H15ClN2OS2. The van der Waals surface area contributed by atoms with Crippen LogP contribution in [0.3, 0.4) is 0 Å². The number of rotatable bonds is 6. The Morgan fingerprint density at radius 2 is 2.47 bits per heavy atom. The van der Waals surface area contributed by atoms with Gasteiger partial charge in [-0.15, -0.1) is 11.3 Å². The first kappa shape index (κ1) is 13.1. The average molecular weight is 267 g/mol. The number of nitrogens with zero attached hydrogens (tertiary/aromatic N) is 1. The summed E-state index contributed by atoms with van der Waals surface area (Å²) in [6.07, 6.45) is 4.31. The lowest BCUT2D eigenvalue weighted by atomic mass is 10.2. The summed E-state index contributed by atoms with van der Waals surface area (Å²) < 4.78 is 11.6. The van der Waals surface area contributed by atoms with Crippen LogP contribution in [0.4, 0.5) is 0 Å². The molecule has 0 aliphatic rings. The molecule has 0 radical (unpaired) electrons. The highest BCUT2D eigenvalue weighted by Gasteiger charge is 2.04. The van der Waals surface area contributed by atoms with Crippen LogP contribution in [0.25, 0.3) is 0 Å². The zero-order valence-electron chi connectivity index (χ0n) is 8.83. The third kappa shape index (κ3) is 5.61. The zero-order chi connectivity index (χ0) is 11.3. The van der Waals surface area contributed by atoms with Gasteiger partial charge in [-0.3, -0.25) is 4.21 Å². The van der Waals surface area contributed by atoms with E-state index in [4.69, 9.17) is 11.6 Å². The number of hydrogen-bond acceptors (Lipinski definition) is 4. The van der Waals surface area contributed by atoms with Gasteiger partial charge in [-0.1, -0.05) is 11.6 Å². The Bertz CT molecular complexity index is 330. The quantitative estimate of drug-likeness (QED) is 0.857. The van der Waals surface area contributed by atoms with Crippen molar-refractivity contribution < 1.29 is 4.21 Å². The Kier molecular flexibility index (Phi) is 5.74. The minimum absolute atomic E-state index is 0.358. The van der Waals surface area contributed by atoms with Crippen LogP contribution in [0.15, 0.2) is 6.20 Å². The van der Waals surface area contributed by atoms with Crippen LogP contribution in [-0.4, -0.2) is 27.2 Å². The third-order valence-corrected chi connectivity index (χ3v) is 3.89. The summed E-state index contributed by atoms with van der Waals surface area (Å²) in [5.41, 5.74) is 0. The van der Waals surface area contributed by atoms with Gasteiger partial charge < -0.3 is 5.32 Å². The summed E-state index contributed by atoms with van der Waals surface area (Å²) in [4.78, 5) is 4.15. The molecule has 0 saturated heterocycles. The smallest absolute Gasteiger partial charge is 0.113 e. The second kappa shape index (κ2) is 6.58. The first-order valence-corrected chi connectivity index (χ1v) is 7.63. The fraction of sp³-hybridized carbons (Fsp3) is 0.667. The molecule has 0 saturated carbocycles. The Labute approximate surface area is 102 Å². The average Bonchev–Trinajstić information content (AvgIpc) is 2.58. The van der Waals surface area contributed by atoms with E-state index in [0.717, 1.165) is 23.7 Å². The van der Waals surface area contributed by atoms with Crippen LogP contribution in [-0.2, 0) is 17.3 Å². The Morgan fingerprint density at radius 1 is 1.73 bits per heavy atom. The van der Waals surface area contributed by atoms with Gasteiger partial charge in [0, 0.05) is 35.4 Å². The molecule has 6 heteroatoms. The highest BCUT2D eigenvalue weighted by Crippen LogP contribution is 2.17.